The molecule has 0 radical (unpaired) electrons. The van der Waals surface area contributed by atoms with E-state index in [1.165, 1.54) is 6.08 Å². The number of carbonyl (C=O) groups is 1. The van der Waals surface area contributed by atoms with Crippen LogP contribution in [0, 0.1) is 22.7 Å². The summed E-state index contributed by atoms with van der Waals surface area (Å²) in [6.45, 7) is 5.75. The number of nitriles is 2. The number of nitrogens with zero attached hydrogens (tertiary/aromatic N) is 2. The summed E-state index contributed by atoms with van der Waals surface area (Å²) in [5.74, 6) is 0. The van der Waals surface area contributed by atoms with Crippen LogP contribution >= 0.6 is 0 Å². The summed E-state index contributed by atoms with van der Waals surface area (Å²) in [5, 5.41) is 20.0. The Morgan fingerprint density at radius 1 is 1.24 bits per heavy atom. The Balaban J connectivity index is 2.61. The average molecular weight is 283 g/mol. The monoisotopic (exact) mass is 283 g/mol. The van der Waals surface area contributed by atoms with E-state index in [2.05, 4.69) is 5.32 Å². The van der Waals surface area contributed by atoms with Crippen LogP contribution in [0.5, 0.6) is 0 Å². The number of alkyl carbamates (subject to hydrolysis) is 1. The van der Waals surface area contributed by atoms with E-state index in [9.17, 15) is 4.79 Å². The predicted octanol–water partition coefficient (Wildman–Crippen LogP) is 3.14. The maximum absolute atomic E-state index is 11.5. The number of carbonyl (C=O) groups excluding carboxylic acids is 1. The largest absolute Gasteiger partial charge is 0.444 e. The van der Waals surface area contributed by atoms with Gasteiger partial charge in [-0.15, -0.1) is 0 Å². The second-order valence-corrected chi connectivity index (χ2v) is 5.38. The lowest BCUT2D eigenvalue weighted by molar-refractivity contribution is 0.0523. The number of amides is 1. The fraction of sp³-hybridized carbons (Fsp3) is 0.312. The highest BCUT2D eigenvalue weighted by atomic mass is 16.6. The van der Waals surface area contributed by atoms with Crippen molar-refractivity contribution >= 4 is 12.2 Å². The lowest BCUT2D eigenvalue weighted by Crippen LogP contribution is -2.32. The molecule has 0 aromatic heterocycles. The number of allylic oxidation sites excluding steroid dienone is 1. The maximum atomic E-state index is 11.5. The van der Waals surface area contributed by atoms with Crippen molar-refractivity contribution in [1.82, 2.24) is 5.32 Å². The van der Waals surface area contributed by atoms with E-state index in [0.717, 1.165) is 11.1 Å². The lowest BCUT2D eigenvalue weighted by Gasteiger charge is -2.19. The van der Waals surface area contributed by atoms with E-state index >= 15 is 0 Å². The molecule has 0 aliphatic carbocycles. The van der Waals surface area contributed by atoms with Crippen LogP contribution in [0.1, 0.15) is 31.9 Å². The van der Waals surface area contributed by atoms with Gasteiger partial charge in [-0.1, -0.05) is 24.3 Å². The zero-order valence-corrected chi connectivity index (χ0v) is 12.3. The van der Waals surface area contributed by atoms with Crippen molar-refractivity contribution in [2.45, 2.75) is 32.9 Å². The molecule has 0 saturated carbocycles. The molecule has 0 heterocycles. The van der Waals surface area contributed by atoms with Crippen molar-refractivity contribution in [3.63, 3.8) is 0 Å². The van der Waals surface area contributed by atoms with Gasteiger partial charge in [0.2, 0.25) is 0 Å². The Morgan fingerprint density at radius 2 is 1.81 bits per heavy atom. The highest BCUT2D eigenvalue weighted by Gasteiger charge is 2.15. The third kappa shape index (κ3) is 6.26. The number of hydrogen-bond donors (Lipinski definition) is 1. The minimum absolute atomic E-state index is 0.0506. The van der Waals surface area contributed by atoms with Crippen LogP contribution in [0.3, 0.4) is 0 Å². The smallest absolute Gasteiger partial charge is 0.407 e. The van der Waals surface area contributed by atoms with E-state index in [-0.39, 0.29) is 5.57 Å². The molecule has 0 aliphatic heterocycles. The van der Waals surface area contributed by atoms with Crippen molar-refractivity contribution < 1.29 is 9.53 Å². The molecule has 0 saturated heterocycles. The van der Waals surface area contributed by atoms with Crippen LogP contribution < -0.4 is 5.32 Å². The first kappa shape index (κ1) is 16.3. The van der Waals surface area contributed by atoms with Crippen LogP contribution in [-0.2, 0) is 11.3 Å². The first-order valence-corrected chi connectivity index (χ1v) is 6.42. The zero-order chi connectivity index (χ0) is 15.9. The molecule has 1 amide bonds. The van der Waals surface area contributed by atoms with Gasteiger partial charge in [0.25, 0.3) is 0 Å². The van der Waals surface area contributed by atoms with E-state index in [1.54, 1.807) is 45.0 Å². The van der Waals surface area contributed by atoms with E-state index < -0.39 is 11.7 Å². The summed E-state index contributed by atoms with van der Waals surface area (Å²) < 4.78 is 5.13. The summed E-state index contributed by atoms with van der Waals surface area (Å²) in [7, 11) is 0. The first-order chi connectivity index (χ1) is 9.84. The number of nitrogens with one attached hydrogen (secondary N) is 1. The Morgan fingerprint density at radius 3 is 2.29 bits per heavy atom. The van der Waals surface area contributed by atoms with Crippen molar-refractivity contribution in [1.29, 1.82) is 10.5 Å². The standard InChI is InChI=1S/C16H17N3O2/c1-16(2,3)21-15(20)19-11-13-6-4-12(5-7-13)8-14(9-17)10-18/h4-8H,11H2,1-3H3,(H,19,20). The van der Waals surface area contributed by atoms with Gasteiger partial charge in [0.05, 0.1) is 0 Å². The van der Waals surface area contributed by atoms with Crippen LogP contribution in [0.15, 0.2) is 29.8 Å². The van der Waals surface area contributed by atoms with Gasteiger partial charge in [0.1, 0.15) is 23.3 Å². The first-order valence-electron chi connectivity index (χ1n) is 6.42. The van der Waals surface area contributed by atoms with Crippen LogP contribution in [-0.4, -0.2) is 11.7 Å². The molecule has 21 heavy (non-hydrogen) atoms. The SMILES string of the molecule is CC(C)(C)OC(=O)NCc1ccc(C=C(C#N)C#N)cc1. The highest BCUT2D eigenvalue weighted by molar-refractivity contribution is 5.67. The summed E-state index contributed by atoms with van der Waals surface area (Å²) in [4.78, 5) is 11.5. The van der Waals surface area contributed by atoms with E-state index in [0.29, 0.717) is 6.54 Å². The molecule has 0 atom stereocenters. The number of benzene rings is 1. The summed E-state index contributed by atoms with van der Waals surface area (Å²) in [6, 6.07) is 10.8. The topological polar surface area (TPSA) is 85.9 Å². The van der Waals surface area contributed by atoms with Crippen molar-refractivity contribution in [3.8, 4) is 12.1 Å². The number of rotatable bonds is 3. The fourth-order valence-electron chi connectivity index (χ4n) is 1.48. The second-order valence-electron chi connectivity index (χ2n) is 5.38. The predicted molar refractivity (Wildman–Crippen MR) is 78.7 cm³/mol. The molecule has 0 aliphatic rings. The molecule has 1 rings (SSSR count). The summed E-state index contributed by atoms with van der Waals surface area (Å²) >= 11 is 0. The molecule has 1 N–H and O–H groups in total. The third-order valence-corrected chi connectivity index (χ3v) is 2.37. The Labute approximate surface area is 124 Å². The van der Waals surface area contributed by atoms with Gasteiger partial charge >= 0.3 is 6.09 Å². The molecule has 0 fully saturated rings. The molecule has 108 valence electrons. The molecule has 0 unspecified atom stereocenters. The van der Waals surface area contributed by atoms with Crippen molar-refractivity contribution in [2.24, 2.45) is 0 Å². The Hall–Kier alpha value is -2.79. The Kier molecular flexibility index (Phi) is 5.51. The van der Waals surface area contributed by atoms with Gasteiger partial charge in [-0.25, -0.2) is 4.79 Å². The third-order valence-electron chi connectivity index (χ3n) is 2.37. The van der Waals surface area contributed by atoms with Gasteiger partial charge in [0.15, 0.2) is 0 Å². The normalized spacial score (nSPS) is 9.95. The molecule has 0 spiro atoms. The van der Waals surface area contributed by atoms with Gasteiger partial charge in [-0.05, 0) is 38.0 Å². The Bertz CT molecular complexity index is 595. The van der Waals surface area contributed by atoms with Crippen LogP contribution in [0.25, 0.3) is 6.08 Å². The molecule has 5 nitrogen and oxygen atoms in total. The van der Waals surface area contributed by atoms with Crippen molar-refractivity contribution in [3.05, 3.63) is 41.0 Å². The quantitative estimate of drug-likeness (QED) is 0.863. The summed E-state index contributed by atoms with van der Waals surface area (Å²) in [6.07, 6.45) is 1.04. The van der Waals surface area contributed by atoms with Crippen LogP contribution in [0.4, 0.5) is 4.79 Å². The van der Waals surface area contributed by atoms with Crippen LogP contribution in [0.2, 0.25) is 0 Å². The minimum atomic E-state index is -0.524. The van der Waals surface area contributed by atoms with E-state index in [1.807, 2.05) is 12.1 Å². The van der Waals surface area contributed by atoms with E-state index in [4.69, 9.17) is 15.3 Å². The molecule has 5 heteroatoms. The highest BCUT2D eigenvalue weighted by Crippen LogP contribution is 2.10. The van der Waals surface area contributed by atoms with Gasteiger partial charge in [0, 0.05) is 6.54 Å². The minimum Gasteiger partial charge on any atom is -0.444 e. The molecule has 1 aromatic carbocycles. The average Bonchev–Trinajstić information content (AvgIpc) is 2.42. The lowest BCUT2D eigenvalue weighted by atomic mass is 10.1. The maximum Gasteiger partial charge on any atom is 0.407 e. The van der Waals surface area contributed by atoms with Gasteiger partial charge < -0.3 is 10.1 Å². The van der Waals surface area contributed by atoms with Gasteiger partial charge in [-0.2, -0.15) is 10.5 Å². The fourth-order valence-corrected chi connectivity index (χ4v) is 1.48. The molecular weight excluding hydrogens is 266 g/mol. The molecule has 1 aromatic rings. The van der Waals surface area contributed by atoms with Crippen molar-refractivity contribution in [2.75, 3.05) is 0 Å². The second kappa shape index (κ2) is 7.12. The number of hydrogen-bond acceptors (Lipinski definition) is 4. The number of ether oxygens (including phenoxy) is 1. The molecular formula is C16H17N3O2. The van der Waals surface area contributed by atoms with Gasteiger partial charge in [-0.3, -0.25) is 0 Å². The zero-order valence-electron chi connectivity index (χ0n) is 12.3. The summed E-state index contributed by atoms with van der Waals surface area (Å²) in [5.41, 5.74) is 1.18. The molecule has 0 bridgehead atoms.